The van der Waals surface area contributed by atoms with Gasteiger partial charge in [0.25, 0.3) is 0 Å². The number of imide groups is 1. The summed E-state index contributed by atoms with van der Waals surface area (Å²) in [6.07, 6.45) is 4.09. The summed E-state index contributed by atoms with van der Waals surface area (Å²) < 4.78 is 2.12. The number of nitrogens with one attached hydrogen (secondary N) is 3. The molecule has 9 heteroatoms. The fourth-order valence-electron chi connectivity index (χ4n) is 2.95. The van der Waals surface area contributed by atoms with E-state index >= 15 is 0 Å². The van der Waals surface area contributed by atoms with Gasteiger partial charge in [0.15, 0.2) is 11.0 Å². The Labute approximate surface area is 160 Å². The molecule has 1 aromatic carbocycles. The van der Waals surface area contributed by atoms with Crippen molar-refractivity contribution in [1.29, 1.82) is 0 Å². The summed E-state index contributed by atoms with van der Waals surface area (Å²) >= 11 is 1.31. The van der Waals surface area contributed by atoms with Crippen LogP contribution in [0.25, 0.3) is 22.3 Å². The molecule has 1 aliphatic carbocycles. The third-order valence-electron chi connectivity index (χ3n) is 4.52. The number of hydrogen-bond acceptors (Lipinski definition) is 5. The number of fused-ring (bicyclic) bond motifs is 1. The molecule has 27 heavy (non-hydrogen) atoms. The summed E-state index contributed by atoms with van der Waals surface area (Å²) in [5.41, 5.74) is 2.05. The molecule has 1 atom stereocenters. The van der Waals surface area contributed by atoms with E-state index in [1.165, 1.54) is 18.8 Å². The number of urea groups is 1. The van der Waals surface area contributed by atoms with Gasteiger partial charge in [-0.3, -0.25) is 14.7 Å². The second-order valence-electron chi connectivity index (χ2n) is 6.48. The van der Waals surface area contributed by atoms with E-state index in [2.05, 4.69) is 36.4 Å². The highest BCUT2D eigenvalue weighted by Crippen LogP contribution is 2.42. The normalized spacial score (nSPS) is 14.9. The molecule has 1 fully saturated rings. The lowest BCUT2D eigenvalue weighted by atomic mass is 10.1. The molecule has 0 radical (unpaired) electrons. The topological polar surface area (TPSA) is 105 Å². The first-order valence-electron chi connectivity index (χ1n) is 8.79. The summed E-state index contributed by atoms with van der Waals surface area (Å²) in [6, 6.07) is 7.90. The number of nitrogens with zero attached hydrogens (tertiary/aromatic N) is 3. The molecule has 1 saturated carbocycles. The van der Waals surface area contributed by atoms with Crippen LogP contribution in [0.1, 0.15) is 25.8 Å². The van der Waals surface area contributed by atoms with Crippen molar-refractivity contribution >= 4 is 34.6 Å². The molecule has 3 amide bonds. The Kier molecular flexibility index (Phi) is 4.61. The average Bonchev–Trinajstić information content (AvgIpc) is 3.29. The first kappa shape index (κ1) is 17.6. The first-order chi connectivity index (χ1) is 13.1. The molecule has 2 aromatic heterocycles. The number of H-pyrrole nitrogens is 1. The van der Waals surface area contributed by atoms with Crippen LogP contribution >= 0.6 is 11.8 Å². The van der Waals surface area contributed by atoms with Crippen LogP contribution in [0.5, 0.6) is 0 Å². The number of benzene rings is 1. The van der Waals surface area contributed by atoms with Crippen LogP contribution in [0.3, 0.4) is 0 Å². The minimum Gasteiger partial charge on any atom is -0.360 e. The Morgan fingerprint density at radius 3 is 2.81 bits per heavy atom. The van der Waals surface area contributed by atoms with Crippen LogP contribution in [0.4, 0.5) is 4.79 Å². The van der Waals surface area contributed by atoms with Gasteiger partial charge in [-0.15, -0.1) is 10.2 Å². The highest BCUT2D eigenvalue weighted by atomic mass is 32.2. The van der Waals surface area contributed by atoms with E-state index in [1.807, 2.05) is 24.4 Å². The zero-order valence-corrected chi connectivity index (χ0v) is 15.8. The maximum atomic E-state index is 12.2. The van der Waals surface area contributed by atoms with Gasteiger partial charge < -0.3 is 10.3 Å². The van der Waals surface area contributed by atoms with Crippen LogP contribution in [0, 0.1) is 0 Å². The van der Waals surface area contributed by atoms with Crippen molar-refractivity contribution in [1.82, 2.24) is 30.4 Å². The predicted molar refractivity (Wildman–Crippen MR) is 104 cm³/mol. The lowest BCUT2D eigenvalue weighted by molar-refractivity contribution is -0.119. The molecule has 8 nitrogen and oxygen atoms in total. The van der Waals surface area contributed by atoms with Crippen LogP contribution < -0.4 is 10.6 Å². The van der Waals surface area contributed by atoms with Crippen molar-refractivity contribution in [2.75, 3.05) is 7.05 Å². The van der Waals surface area contributed by atoms with Gasteiger partial charge in [-0.2, -0.15) is 0 Å². The van der Waals surface area contributed by atoms with Gasteiger partial charge in [-0.05, 0) is 25.8 Å². The molecule has 3 N–H and O–H groups in total. The summed E-state index contributed by atoms with van der Waals surface area (Å²) in [4.78, 5) is 26.8. The lowest BCUT2D eigenvalue weighted by Crippen LogP contribution is -2.41. The van der Waals surface area contributed by atoms with E-state index in [-0.39, 0.29) is 5.91 Å². The minimum atomic E-state index is -0.518. The van der Waals surface area contributed by atoms with Gasteiger partial charge in [0.1, 0.15) is 0 Å². The van der Waals surface area contributed by atoms with Crippen molar-refractivity contribution in [2.45, 2.75) is 36.2 Å². The number of carbonyl (C=O) groups is 2. The largest absolute Gasteiger partial charge is 0.360 e. The summed E-state index contributed by atoms with van der Waals surface area (Å²) in [6.45, 7) is 1.75. The van der Waals surface area contributed by atoms with E-state index < -0.39 is 11.3 Å². The smallest absolute Gasteiger partial charge is 0.321 e. The Morgan fingerprint density at radius 1 is 1.30 bits per heavy atom. The van der Waals surface area contributed by atoms with E-state index in [9.17, 15) is 9.59 Å². The zero-order chi connectivity index (χ0) is 19.0. The van der Waals surface area contributed by atoms with E-state index in [0.29, 0.717) is 11.2 Å². The van der Waals surface area contributed by atoms with E-state index in [4.69, 9.17) is 0 Å². The molecule has 2 heterocycles. The monoisotopic (exact) mass is 384 g/mol. The molecule has 0 bridgehead atoms. The van der Waals surface area contributed by atoms with Gasteiger partial charge in [0.05, 0.1) is 5.25 Å². The SMILES string of the molecule is CNC(=O)NC(=O)[C@@H](C)Sc1nnc(-c2c[nH]c3ccccc23)n1C1CC1. The molecular weight excluding hydrogens is 364 g/mol. The maximum Gasteiger partial charge on any atom is 0.321 e. The number of para-hydroxylation sites is 1. The number of carbonyl (C=O) groups excluding carboxylic acids is 2. The Hall–Kier alpha value is -2.81. The van der Waals surface area contributed by atoms with Gasteiger partial charge in [0, 0.05) is 35.8 Å². The van der Waals surface area contributed by atoms with Crippen molar-refractivity contribution in [3.8, 4) is 11.4 Å². The molecule has 0 saturated heterocycles. The quantitative estimate of drug-likeness (QED) is 0.587. The summed E-state index contributed by atoms with van der Waals surface area (Å²) in [7, 11) is 1.47. The maximum absolute atomic E-state index is 12.2. The third-order valence-corrected chi connectivity index (χ3v) is 5.58. The standard InChI is InChI=1S/C18H20N6O2S/c1-10(16(25)21-17(26)19-2)27-18-23-22-15(24(18)11-7-8-11)13-9-20-14-6-4-3-5-12(13)14/h3-6,9-11,20H,7-8H2,1-2H3,(H2,19,21,25,26)/t10-/m1/s1. The van der Waals surface area contributed by atoms with Crippen molar-refractivity contribution < 1.29 is 9.59 Å². The molecule has 3 aromatic rings. The number of amides is 3. The number of rotatable bonds is 5. The number of hydrogen-bond donors (Lipinski definition) is 3. The molecular formula is C18H20N6O2S. The highest BCUT2D eigenvalue weighted by molar-refractivity contribution is 8.00. The number of aromatic nitrogens is 4. The Morgan fingerprint density at radius 2 is 2.07 bits per heavy atom. The van der Waals surface area contributed by atoms with Crippen LogP contribution in [-0.4, -0.2) is 44.0 Å². The number of thioether (sulfide) groups is 1. The van der Waals surface area contributed by atoms with Crippen molar-refractivity contribution in [3.63, 3.8) is 0 Å². The van der Waals surface area contributed by atoms with Crippen LogP contribution in [-0.2, 0) is 4.79 Å². The predicted octanol–water partition coefficient (Wildman–Crippen LogP) is 2.70. The Balaban J connectivity index is 1.64. The van der Waals surface area contributed by atoms with Gasteiger partial charge in [0.2, 0.25) is 5.91 Å². The van der Waals surface area contributed by atoms with Crippen LogP contribution in [0.2, 0.25) is 0 Å². The van der Waals surface area contributed by atoms with Crippen molar-refractivity contribution in [3.05, 3.63) is 30.5 Å². The molecule has 0 spiro atoms. The van der Waals surface area contributed by atoms with Crippen LogP contribution in [0.15, 0.2) is 35.6 Å². The van der Waals surface area contributed by atoms with Gasteiger partial charge in [-0.25, -0.2) is 4.79 Å². The fraction of sp³-hybridized carbons (Fsp3) is 0.333. The third kappa shape index (κ3) is 3.42. The second-order valence-corrected chi connectivity index (χ2v) is 7.79. The fourth-order valence-corrected chi connectivity index (χ4v) is 3.87. The zero-order valence-electron chi connectivity index (χ0n) is 15.0. The summed E-state index contributed by atoms with van der Waals surface area (Å²) in [5, 5.41) is 14.8. The second kappa shape index (κ2) is 7.07. The first-order valence-corrected chi connectivity index (χ1v) is 9.67. The molecule has 4 rings (SSSR count). The molecule has 140 valence electrons. The number of aromatic amines is 1. The Bertz CT molecular complexity index is 1010. The highest BCUT2D eigenvalue weighted by Gasteiger charge is 2.32. The van der Waals surface area contributed by atoms with E-state index in [0.717, 1.165) is 35.1 Å². The molecule has 1 aliphatic rings. The lowest BCUT2D eigenvalue weighted by Gasteiger charge is -2.12. The van der Waals surface area contributed by atoms with E-state index in [1.54, 1.807) is 6.92 Å². The average molecular weight is 384 g/mol. The molecule has 0 aliphatic heterocycles. The summed E-state index contributed by atoms with van der Waals surface area (Å²) in [5.74, 6) is 0.440. The van der Waals surface area contributed by atoms with Crippen molar-refractivity contribution in [2.24, 2.45) is 0 Å². The minimum absolute atomic E-state index is 0.348. The van der Waals surface area contributed by atoms with Gasteiger partial charge in [-0.1, -0.05) is 30.0 Å². The molecule has 0 unspecified atom stereocenters. The van der Waals surface area contributed by atoms with Gasteiger partial charge >= 0.3 is 6.03 Å².